The Morgan fingerprint density at radius 2 is 2.11 bits per heavy atom. The van der Waals surface area contributed by atoms with Gasteiger partial charge in [-0.25, -0.2) is 0 Å². The van der Waals surface area contributed by atoms with E-state index in [-0.39, 0.29) is 6.61 Å². The van der Waals surface area contributed by atoms with Gasteiger partial charge < -0.3 is 9.84 Å². The molecule has 1 N–H and O–H groups in total. The van der Waals surface area contributed by atoms with Crippen LogP contribution >= 0.6 is 27.5 Å². The Hall–Kier alpha value is -1.04. The first-order valence-electron chi connectivity index (χ1n) is 5.80. The molecule has 0 amide bonds. The third-order valence-electron chi connectivity index (χ3n) is 2.54. The molecule has 0 spiro atoms. The first-order chi connectivity index (χ1) is 9.04. The van der Waals surface area contributed by atoms with Crippen LogP contribution in [-0.4, -0.2) is 27.6 Å². The van der Waals surface area contributed by atoms with Gasteiger partial charge in [0.15, 0.2) is 0 Å². The average molecular weight is 346 g/mol. The fourth-order valence-corrected chi connectivity index (χ4v) is 2.02. The van der Waals surface area contributed by atoms with Gasteiger partial charge in [0.25, 0.3) is 0 Å². The molecule has 6 heteroatoms. The summed E-state index contributed by atoms with van der Waals surface area (Å²) in [5, 5.41) is 14.8. The highest BCUT2D eigenvalue weighted by atomic mass is 79.9. The number of aliphatic hydroxyl groups excluding tert-OH is 1. The van der Waals surface area contributed by atoms with Crippen molar-refractivity contribution in [2.45, 2.75) is 19.6 Å². The summed E-state index contributed by atoms with van der Waals surface area (Å²) in [6.45, 7) is 2.50. The molecule has 1 heterocycles. The molecule has 2 rings (SSSR count). The molecule has 2 aromatic rings. The van der Waals surface area contributed by atoms with Crippen molar-refractivity contribution < 1.29 is 9.84 Å². The first kappa shape index (κ1) is 14.4. The van der Waals surface area contributed by atoms with E-state index in [0.29, 0.717) is 17.3 Å². The lowest BCUT2D eigenvalue weighted by atomic mass is 10.3. The van der Waals surface area contributed by atoms with Crippen molar-refractivity contribution in [3.05, 3.63) is 45.7 Å². The minimum Gasteiger partial charge on any atom is -0.491 e. The van der Waals surface area contributed by atoms with Crippen LogP contribution < -0.4 is 4.74 Å². The molecule has 1 unspecified atom stereocenters. The van der Waals surface area contributed by atoms with E-state index >= 15 is 0 Å². The van der Waals surface area contributed by atoms with Crippen molar-refractivity contribution in [1.29, 1.82) is 0 Å². The van der Waals surface area contributed by atoms with Gasteiger partial charge in [0.2, 0.25) is 0 Å². The maximum atomic E-state index is 9.89. The van der Waals surface area contributed by atoms with Gasteiger partial charge in [0.05, 0.1) is 16.7 Å². The lowest BCUT2D eigenvalue weighted by Crippen LogP contribution is -2.23. The average Bonchev–Trinajstić information content (AvgIpc) is 2.67. The van der Waals surface area contributed by atoms with Crippen LogP contribution in [0, 0.1) is 6.92 Å². The van der Waals surface area contributed by atoms with Gasteiger partial charge >= 0.3 is 0 Å². The molecule has 0 fully saturated rings. The van der Waals surface area contributed by atoms with E-state index < -0.39 is 6.10 Å². The molecule has 0 bridgehead atoms. The van der Waals surface area contributed by atoms with Gasteiger partial charge in [0.1, 0.15) is 18.5 Å². The highest BCUT2D eigenvalue weighted by molar-refractivity contribution is 9.10. The maximum absolute atomic E-state index is 9.89. The second-order valence-corrected chi connectivity index (χ2v) is 5.49. The van der Waals surface area contributed by atoms with Crippen LogP contribution in [0.5, 0.6) is 5.75 Å². The van der Waals surface area contributed by atoms with Crippen LogP contribution in [0.4, 0.5) is 0 Å². The summed E-state index contributed by atoms with van der Waals surface area (Å²) in [7, 11) is 0. The van der Waals surface area contributed by atoms with Gasteiger partial charge in [-0.15, -0.1) is 0 Å². The molecule has 1 aromatic carbocycles. The van der Waals surface area contributed by atoms with Crippen molar-refractivity contribution in [3.8, 4) is 5.75 Å². The number of benzene rings is 1. The zero-order valence-corrected chi connectivity index (χ0v) is 12.7. The number of aromatic nitrogens is 2. The predicted molar refractivity (Wildman–Crippen MR) is 77.6 cm³/mol. The summed E-state index contributed by atoms with van der Waals surface area (Å²) in [5.41, 5.74) is 0.894. The van der Waals surface area contributed by atoms with Crippen LogP contribution in [0.1, 0.15) is 5.69 Å². The third-order valence-corrected chi connectivity index (χ3v) is 3.57. The Kier molecular flexibility index (Phi) is 4.85. The summed E-state index contributed by atoms with van der Waals surface area (Å²) in [5.74, 6) is 0.682. The van der Waals surface area contributed by atoms with Gasteiger partial charge in [-0.2, -0.15) is 5.10 Å². The monoisotopic (exact) mass is 344 g/mol. The molecule has 0 radical (unpaired) electrons. The summed E-state index contributed by atoms with van der Waals surface area (Å²) in [6, 6.07) is 7.03. The largest absolute Gasteiger partial charge is 0.491 e. The minimum atomic E-state index is -0.623. The molecule has 0 saturated carbocycles. The van der Waals surface area contributed by atoms with Crippen molar-refractivity contribution in [2.75, 3.05) is 6.61 Å². The standard InChI is InChI=1S/C13H14BrClN2O2/c1-9-13(14)7-17(16-9)6-11(18)8-19-12-4-2-10(15)3-5-12/h2-5,7,11,18H,6,8H2,1H3. The van der Waals surface area contributed by atoms with Crippen molar-refractivity contribution in [3.63, 3.8) is 0 Å². The zero-order chi connectivity index (χ0) is 13.8. The summed E-state index contributed by atoms with van der Waals surface area (Å²) >= 11 is 9.16. The SMILES string of the molecule is Cc1nn(CC(O)COc2ccc(Cl)cc2)cc1Br. The maximum Gasteiger partial charge on any atom is 0.119 e. The molecule has 0 aliphatic carbocycles. The van der Waals surface area contributed by atoms with Crippen molar-refractivity contribution in [2.24, 2.45) is 0 Å². The van der Waals surface area contributed by atoms with Gasteiger partial charge in [-0.1, -0.05) is 11.6 Å². The Labute approximate surface area is 125 Å². The van der Waals surface area contributed by atoms with Gasteiger partial charge in [-0.05, 0) is 47.1 Å². The quantitative estimate of drug-likeness (QED) is 0.906. The number of hydrogen-bond donors (Lipinski definition) is 1. The van der Waals surface area contributed by atoms with Crippen LogP contribution in [0.25, 0.3) is 0 Å². The number of rotatable bonds is 5. The normalized spacial score (nSPS) is 12.4. The van der Waals surface area contributed by atoms with Crippen LogP contribution in [-0.2, 0) is 6.54 Å². The van der Waals surface area contributed by atoms with E-state index in [1.54, 1.807) is 28.9 Å². The summed E-state index contributed by atoms with van der Waals surface area (Å²) in [4.78, 5) is 0. The molecule has 0 aliphatic heterocycles. The second kappa shape index (κ2) is 6.41. The summed E-state index contributed by atoms with van der Waals surface area (Å²) < 4.78 is 8.09. The van der Waals surface area contributed by atoms with Gasteiger partial charge in [-0.3, -0.25) is 4.68 Å². The van der Waals surface area contributed by atoms with Crippen LogP contribution in [0.3, 0.4) is 0 Å². The molecule has 0 aliphatic rings. The lowest BCUT2D eigenvalue weighted by molar-refractivity contribution is 0.0892. The van der Waals surface area contributed by atoms with E-state index in [1.807, 2.05) is 13.1 Å². The molecule has 1 atom stereocenters. The Bertz CT molecular complexity index is 523. The van der Waals surface area contributed by atoms with E-state index in [1.165, 1.54) is 0 Å². The minimum absolute atomic E-state index is 0.207. The van der Waals surface area contributed by atoms with Crippen molar-refractivity contribution in [1.82, 2.24) is 9.78 Å². The topological polar surface area (TPSA) is 47.3 Å². The number of ether oxygens (including phenoxy) is 1. The number of hydrogen-bond acceptors (Lipinski definition) is 3. The first-order valence-corrected chi connectivity index (χ1v) is 6.97. The molecular weight excluding hydrogens is 332 g/mol. The molecule has 19 heavy (non-hydrogen) atoms. The number of nitrogens with zero attached hydrogens (tertiary/aromatic N) is 2. The highest BCUT2D eigenvalue weighted by Crippen LogP contribution is 2.16. The van der Waals surface area contributed by atoms with E-state index in [0.717, 1.165) is 10.2 Å². The number of halogens is 2. The molecule has 0 saturated heterocycles. The number of aryl methyl sites for hydroxylation is 1. The third kappa shape index (κ3) is 4.23. The molecular formula is C13H14BrClN2O2. The molecule has 102 valence electrons. The zero-order valence-electron chi connectivity index (χ0n) is 10.4. The smallest absolute Gasteiger partial charge is 0.119 e. The van der Waals surface area contributed by atoms with Crippen molar-refractivity contribution >= 4 is 27.5 Å². The Balaban J connectivity index is 1.84. The van der Waals surface area contributed by atoms with E-state index in [4.69, 9.17) is 16.3 Å². The molecule has 1 aromatic heterocycles. The van der Waals surface area contributed by atoms with E-state index in [2.05, 4.69) is 21.0 Å². The molecule has 4 nitrogen and oxygen atoms in total. The fourth-order valence-electron chi connectivity index (χ4n) is 1.58. The van der Waals surface area contributed by atoms with Crippen LogP contribution in [0.2, 0.25) is 5.02 Å². The Morgan fingerprint density at radius 3 is 2.68 bits per heavy atom. The second-order valence-electron chi connectivity index (χ2n) is 4.20. The highest BCUT2D eigenvalue weighted by Gasteiger charge is 2.09. The predicted octanol–water partition coefficient (Wildman–Crippen LogP) is 3.05. The van der Waals surface area contributed by atoms with Crippen LogP contribution in [0.15, 0.2) is 34.9 Å². The number of aliphatic hydroxyl groups is 1. The van der Waals surface area contributed by atoms with E-state index in [9.17, 15) is 5.11 Å². The fraction of sp³-hybridized carbons (Fsp3) is 0.308. The Morgan fingerprint density at radius 1 is 1.42 bits per heavy atom. The lowest BCUT2D eigenvalue weighted by Gasteiger charge is -2.12. The van der Waals surface area contributed by atoms with Gasteiger partial charge in [0, 0.05) is 11.2 Å². The summed E-state index contributed by atoms with van der Waals surface area (Å²) in [6.07, 6.45) is 1.21.